The van der Waals surface area contributed by atoms with Crippen LogP contribution in [0, 0.1) is 0 Å². The largest absolute Gasteiger partial charge is 0.480 e. The summed E-state index contributed by atoms with van der Waals surface area (Å²) >= 11 is 0. The summed E-state index contributed by atoms with van der Waals surface area (Å²) in [5, 5.41) is 22.3. The maximum Gasteiger partial charge on any atom is 0.323 e. The molecular weight excluding hydrogens is 244 g/mol. The van der Waals surface area contributed by atoms with Crippen molar-refractivity contribution >= 4 is 16.9 Å². The lowest BCUT2D eigenvalue weighted by molar-refractivity contribution is -0.137. The summed E-state index contributed by atoms with van der Waals surface area (Å²) in [6, 6.07) is 7.73. The molecule has 0 aliphatic carbocycles. The van der Waals surface area contributed by atoms with E-state index in [0.717, 1.165) is 16.5 Å². The second-order valence-electron chi connectivity index (χ2n) is 4.67. The van der Waals surface area contributed by atoms with Crippen molar-refractivity contribution in [1.82, 2.24) is 9.88 Å². The van der Waals surface area contributed by atoms with Crippen LogP contribution in [0.15, 0.2) is 30.5 Å². The van der Waals surface area contributed by atoms with Gasteiger partial charge in [0.1, 0.15) is 6.54 Å². The van der Waals surface area contributed by atoms with Gasteiger partial charge in [-0.2, -0.15) is 0 Å². The first-order valence-electron chi connectivity index (χ1n) is 6.25. The fraction of sp³-hybridized carbons (Fsp3) is 0.357. The van der Waals surface area contributed by atoms with Crippen molar-refractivity contribution < 1.29 is 15.0 Å². The molecule has 5 nitrogen and oxygen atoms in total. The van der Waals surface area contributed by atoms with Gasteiger partial charge in [0, 0.05) is 30.2 Å². The number of aromatic nitrogens is 1. The van der Waals surface area contributed by atoms with Crippen molar-refractivity contribution in [2.24, 2.45) is 0 Å². The number of aliphatic carboxylic acids is 1. The summed E-state index contributed by atoms with van der Waals surface area (Å²) in [5.74, 6) is -0.857. The Hall–Kier alpha value is -1.85. The summed E-state index contributed by atoms with van der Waals surface area (Å²) in [6.45, 7) is 2.80. The third-order valence-corrected chi connectivity index (χ3v) is 2.93. The molecule has 0 amide bonds. The number of nitrogens with one attached hydrogen (secondary N) is 1. The Morgan fingerprint density at radius 1 is 1.42 bits per heavy atom. The van der Waals surface area contributed by atoms with Gasteiger partial charge in [-0.05, 0) is 18.6 Å². The molecule has 102 valence electrons. The van der Waals surface area contributed by atoms with Crippen molar-refractivity contribution in [2.45, 2.75) is 26.1 Å². The molecule has 0 spiro atoms. The topological polar surface area (TPSA) is 74.5 Å². The third kappa shape index (κ3) is 3.33. The molecule has 1 atom stereocenters. The van der Waals surface area contributed by atoms with Gasteiger partial charge in [-0.1, -0.05) is 18.2 Å². The average Bonchev–Trinajstić information content (AvgIpc) is 2.67. The first-order valence-corrected chi connectivity index (χ1v) is 6.25. The molecule has 0 saturated carbocycles. The minimum absolute atomic E-state index is 0.0447. The molecule has 0 saturated heterocycles. The highest BCUT2D eigenvalue weighted by atomic mass is 16.4. The van der Waals surface area contributed by atoms with Crippen LogP contribution in [0.2, 0.25) is 0 Å². The van der Waals surface area contributed by atoms with E-state index in [0.29, 0.717) is 13.1 Å². The number of carbonyl (C=O) groups is 1. The first-order chi connectivity index (χ1) is 9.08. The van der Waals surface area contributed by atoms with Crippen molar-refractivity contribution in [2.75, 3.05) is 6.54 Å². The maximum atomic E-state index is 10.9. The van der Waals surface area contributed by atoms with E-state index in [1.54, 1.807) is 11.5 Å². The van der Waals surface area contributed by atoms with Gasteiger partial charge in [-0.3, -0.25) is 4.79 Å². The number of rotatable bonds is 6. The second-order valence-corrected chi connectivity index (χ2v) is 4.67. The monoisotopic (exact) mass is 262 g/mol. The van der Waals surface area contributed by atoms with Crippen molar-refractivity contribution in [3.8, 4) is 0 Å². The predicted molar refractivity (Wildman–Crippen MR) is 73.0 cm³/mol. The zero-order valence-corrected chi connectivity index (χ0v) is 10.8. The molecule has 3 N–H and O–H groups in total. The Morgan fingerprint density at radius 3 is 2.84 bits per heavy atom. The number of carboxylic acids is 1. The number of hydrogen-bond donors (Lipinski definition) is 3. The minimum atomic E-state index is -0.857. The smallest absolute Gasteiger partial charge is 0.323 e. The van der Waals surface area contributed by atoms with Crippen LogP contribution in [-0.2, 0) is 17.9 Å². The van der Waals surface area contributed by atoms with Crippen molar-refractivity contribution in [1.29, 1.82) is 0 Å². The quantitative estimate of drug-likeness (QED) is 0.731. The molecule has 2 rings (SSSR count). The molecule has 0 aliphatic heterocycles. The summed E-state index contributed by atoms with van der Waals surface area (Å²) in [7, 11) is 0. The fourth-order valence-corrected chi connectivity index (χ4v) is 2.16. The molecule has 0 fully saturated rings. The van der Waals surface area contributed by atoms with E-state index >= 15 is 0 Å². The van der Waals surface area contributed by atoms with E-state index in [9.17, 15) is 9.90 Å². The van der Waals surface area contributed by atoms with Gasteiger partial charge in [-0.25, -0.2) is 0 Å². The first kappa shape index (κ1) is 13.6. The molecule has 5 heteroatoms. The normalized spacial score (nSPS) is 12.7. The lowest BCUT2D eigenvalue weighted by Gasteiger charge is -2.05. The molecule has 19 heavy (non-hydrogen) atoms. The number of benzene rings is 1. The Labute approximate surface area is 111 Å². The van der Waals surface area contributed by atoms with Crippen molar-refractivity contribution in [3.63, 3.8) is 0 Å². The zero-order chi connectivity index (χ0) is 13.8. The molecule has 1 aromatic heterocycles. The number of carboxylic acid groups (broad SMARTS) is 1. The highest BCUT2D eigenvalue weighted by molar-refractivity contribution is 5.85. The molecular formula is C14H18N2O3. The lowest BCUT2D eigenvalue weighted by atomic mass is 10.2. The van der Waals surface area contributed by atoms with Gasteiger partial charge in [0.05, 0.1) is 6.10 Å². The van der Waals surface area contributed by atoms with Crippen LogP contribution in [0.1, 0.15) is 12.5 Å². The van der Waals surface area contributed by atoms with E-state index in [4.69, 9.17) is 5.11 Å². The third-order valence-electron chi connectivity index (χ3n) is 2.93. The predicted octanol–water partition coefficient (Wildman–Crippen LogP) is 1.20. The second kappa shape index (κ2) is 5.86. The van der Waals surface area contributed by atoms with Crippen molar-refractivity contribution in [3.05, 3.63) is 36.0 Å². The van der Waals surface area contributed by atoms with Crippen LogP contribution < -0.4 is 5.32 Å². The van der Waals surface area contributed by atoms with E-state index < -0.39 is 12.1 Å². The molecule has 0 bridgehead atoms. The molecule has 0 unspecified atom stereocenters. The zero-order valence-electron chi connectivity index (χ0n) is 10.8. The summed E-state index contributed by atoms with van der Waals surface area (Å²) in [4.78, 5) is 10.9. The minimum Gasteiger partial charge on any atom is -0.480 e. The van der Waals surface area contributed by atoms with E-state index in [1.165, 1.54) is 0 Å². The standard InChI is InChI=1S/C14H18N2O3/c1-10(17)6-15-7-11-8-16(9-14(18)19)13-5-3-2-4-12(11)13/h2-5,8,10,15,17H,6-7,9H2,1H3,(H,18,19)/t10-/m1/s1. The lowest BCUT2D eigenvalue weighted by Crippen LogP contribution is -2.23. The number of nitrogens with zero attached hydrogens (tertiary/aromatic N) is 1. The number of fused-ring (bicyclic) bond motifs is 1. The van der Waals surface area contributed by atoms with Crippen LogP contribution in [0.3, 0.4) is 0 Å². The highest BCUT2D eigenvalue weighted by Crippen LogP contribution is 2.21. The molecule has 2 aromatic rings. The van der Waals surface area contributed by atoms with E-state index in [-0.39, 0.29) is 6.54 Å². The van der Waals surface area contributed by atoms with Crippen LogP contribution in [0.5, 0.6) is 0 Å². The summed E-state index contributed by atoms with van der Waals surface area (Å²) in [6.07, 6.45) is 1.46. The van der Waals surface area contributed by atoms with Crippen LogP contribution in [0.4, 0.5) is 0 Å². The number of hydrogen-bond acceptors (Lipinski definition) is 3. The summed E-state index contributed by atoms with van der Waals surface area (Å²) < 4.78 is 1.73. The van der Waals surface area contributed by atoms with Crippen LogP contribution >= 0.6 is 0 Å². The molecule has 1 heterocycles. The van der Waals surface area contributed by atoms with Gasteiger partial charge in [0.15, 0.2) is 0 Å². The average molecular weight is 262 g/mol. The summed E-state index contributed by atoms with van der Waals surface area (Å²) in [5.41, 5.74) is 1.95. The van der Waals surface area contributed by atoms with Crippen LogP contribution in [-0.4, -0.2) is 33.4 Å². The molecule has 1 aromatic carbocycles. The van der Waals surface area contributed by atoms with Gasteiger partial charge in [0.25, 0.3) is 0 Å². The number of aliphatic hydroxyl groups excluding tert-OH is 1. The van der Waals surface area contributed by atoms with Gasteiger partial charge in [-0.15, -0.1) is 0 Å². The van der Waals surface area contributed by atoms with E-state index in [2.05, 4.69) is 5.32 Å². The van der Waals surface area contributed by atoms with Gasteiger partial charge in [0.2, 0.25) is 0 Å². The van der Waals surface area contributed by atoms with Crippen LogP contribution in [0.25, 0.3) is 10.9 Å². The Bertz CT molecular complexity index is 575. The maximum absolute atomic E-state index is 10.9. The van der Waals surface area contributed by atoms with Gasteiger partial charge >= 0.3 is 5.97 Å². The highest BCUT2D eigenvalue weighted by Gasteiger charge is 2.10. The number of aliphatic hydroxyl groups is 1. The van der Waals surface area contributed by atoms with E-state index in [1.807, 2.05) is 30.5 Å². The molecule has 0 aliphatic rings. The Balaban J connectivity index is 2.25. The van der Waals surface area contributed by atoms with Gasteiger partial charge < -0.3 is 20.1 Å². The Morgan fingerprint density at radius 2 is 2.16 bits per heavy atom. The Kier molecular flexibility index (Phi) is 4.19. The fourth-order valence-electron chi connectivity index (χ4n) is 2.16. The number of para-hydroxylation sites is 1. The SMILES string of the molecule is C[C@@H](O)CNCc1cn(CC(=O)O)c2ccccc12. The molecule has 0 radical (unpaired) electrons.